The number of sulfone groups is 1. The molecule has 3 rings (SSSR count). The Morgan fingerprint density at radius 3 is 2.62 bits per heavy atom. The van der Waals surface area contributed by atoms with Gasteiger partial charge in [0.2, 0.25) is 9.84 Å². The van der Waals surface area contributed by atoms with Crippen LogP contribution in [-0.4, -0.2) is 26.9 Å². The summed E-state index contributed by atoms with van der Waals surface area (Å²) in [4.78, 5) is 13.0. The highest BCUT2D eigenvalue weighted by atomic mass is 32.2. The number of carbonyl (C=O) groups is 1. The van der Waals surface area contributed by atoms with Crippen LogP contribution < -0.4 is 11.1 Å². The molecule has 2 unspecified atom stereocenters. The zero-order valence-electron chi connectivity index (χ0n) is 13.1. The van der Waals surface area contributed by atoms with Crippen molar-refractivity contribution < 1.29 is 13.2 Å². The van der Waals surface area contributed by atoms with E-state index in [9.17, 15) is 13.2 Å². The van der Waals surface area contributed by atoms with E-state index in [4.69, 9.17) is 5.73 Å². The summed E-state index contributed by atoms with van der Waals surface area (Å²) < 4.78 is 25.3. The van der Waals surface area contributed by atoms with E-state index >= 15 is 0 Å². The molecule has 5 nitrogen and oxygen atoms in total. The number of amides is 1. The van der Waals surface area contributed by atoms with Crippen molar-refractivity contribution in [2.45, 2.75) is 34.4 Å². The molecule has 0 saturated heterocycles. The lowest BCUT2D eigenvalue weighted by Gasteiger charge is -2.18. The lowest BCUT2D eigenvalue weighted by molar-refractivity contribution is 0.0933. The van der Waals surface area contributed by atoms with E-state index < -0.39 is 9.84 Å². The maximum atomic E-state index is 12.6. The predicted molar refractivity (Wildman–Crippen MR) is 93.9 cm³/mol. The first-order valence-corrected chi connectivity index (χ1v) is 10.2. The van der Waals surface area contributed by atoms with Crippen LogP contribution in [0.5, 0.6) is 0 Å². The maximum absolute atomic E-state index is 12.6. The van der Waals surface area contributed by atoms with E-state index in [0.29, 0.717) is 17.3 Å². The van der Waals surface area contributed by atoms with Gasteiger partial charge in [-0.2, -0.15) is 0 Å². The summed E-state index contributed by atoms with van der Waals surface area (Å²) in [6.07, 6.45) is 3.01. The van der Waals surface area contributed by atoms with E-state index in [1.165, 1.54) is 6.07 Å². The standard InChI is InChI=1S/C17H20N2O3S2/c18-11-12-5-4-8-14(12)19-17(20)15-9-10-16(23-15)24(21,22)13-6-2-1-3-7-13/h1-3,6-7,9-10,12,14H,4-5,8,11,18H2,(H,19,20). The first-order valence-electron chi connectivity index (χ1n) is 7.93. The average molecular weight is 364 g/mol. The second-order valence-corrected chi connectivity index (χ2v) is 9.20. The molecule has 0 bridgehead atoms. The lowest BCUT2D eigenvalue weighted by atomic mass is 10.0. The summed E-state index contributed by atoms with van der Waals surface area (Å²) in [5, 5.41) is 3.00. The number of nitrogens with one attached hydrogen (secondary N) is 1. The van der Waals surface area contributed by atoms with Crippen LogP contribution in [0.15, 0.2) is 51.6 Å². The molecule has 0 aliphatic heterocycles. The third kappa shape index (κ3) is 3.38. The van der Waals surface area contributed by atoms with Crippen molar-refractivity contribution in [1.82, 2.24) is 5.32 Å². The molecule has 1 aliphatic rings. The molecule has 3 N–H and O–H groups in total. The van der Waals surface area contributed by atoms with E-state index in [1.807, 2.05) is 0 Å². The van der Waals surface area contributed by atoms with Crippen LogP contribution in [0, 0.1) is 5.92 Å². The predicted octanol–water partition coefficient (Wildman–Crippen LogP) is 2.44. The van der Waals surface area contributed by atoms with Gasteiger partial charge in [-0.05, 0) is 49.6 Å². The molecule has 7 heteroatoms. The Morgan fingerprint density at radius 2 is 1.92 bits per heavy atom. The molecule has 2 atom stereocenters. The lowest BCUT2D eigenvalue weighted by Crippen LogP contribution is -2.39. The molecule has 0 radical (unpaired) electrons. The van der Waals surface area contributed by atoms with Gasteiger partial charge in [-0.15, -0.1) is 11.3 Å². The fraction of sp³-hybridized carbons (Fsp3) is 0.353. The van der Waals surface area contributed by atoms with Crippen LogP contribution in [0.1, 0.15) is 28.9 Å². The number of nitrogens with two attached hydrogens (primary N) is 1. The minimum absolute atomic E-state index is 0.0822. The Hall–Kier alpha value is -1.70. The molecule has 1 fully saturated rings. The van der Waals surface area contributed by atoms with Crippen LogP contribution >= 0.6 is 11.3 Å². The monoisotopic (exact) mass is 364 g/mol. The molecule has 0 spiro atoms. The van der Waals surface area contributed by atoms with Crippen LogP contribution in [-0.2, 0) is 9.84 Å². The van der Waals surface area contributed by atoms with Crippen molar-refractivity contribution in [1.29, 1.82) is 0 Å². The second kappa shape index (κ2) is 7.04. The quantitative estimate of drug-likeness (QED) is 0.853. The Labute approximate surface area is 145 Å². The van der Waals surface area contributed by atoms with Crippen molar-refractivity contribution in [2.75, 3.05) is 6.54 Å². The Morgan fingerprint density at radius 1 is 1.17 bits per heavy atom. The second-order valence-electron chi connectivity index (χ2n) is 5.94. The zero-order valence-corrected chi connectivity index (χ0v) is 14.8. The average Bonchev–Trinajstić information content (AvgIpc) is 3.25. The van der Waals surface area contributed by atoms with Gasteiger partial charge in [0.25, 0.3) is 5.91 Å². The Balaban J connectivity index is 1.77. The summed E-state index contributed by atoms with van der Waals surface area (Å²) in [7, 11) is -3.58. The highest BCUT2D eigenvalue weighted by Crippen LogP contribution is 2.29. The van der Waals surface area contributed by atoms with E-state index in [0.717, 1.165) is 30.6 Å². The fourth-order valence-corrected chi connectivity index (χ4v) is 5.68. The van der Waals surface area contributed by atoms with Crippen molar-refractivity contribution in [2.24, 2.45) is 11.7 Å². The number of carbonyl (C=O) groups excluding carboxylic acids is 1. The number of hydrogen-bond donors (Lipinski definition) is 2. The first-order chi connectivity index (χ1) is 11.5. The van der Waals surface area contributed by atoms with Gasteiger partial charge < -0.3 is 11.1 Å². The smallest absolute Gasteiger partial charge is 0.261 e. The molecule has 1 heterocycles. The van der Waals surface area contributed by atoms with E-state index in [1.54, 1.807) is 36.4 Å². The van der Waals surface area contributed by atoms with Gasteiger partial charge in [0.15, 0.2) is 0 Å². The van der Waals surface area contributed by atoms with Gasteiger partial charge in [-0.1, -0.05) is 24.6 Å². The minimum atomic E-state index is -3.58. The molecule has 128 valence electrons. The summed E-state index contributed by atoms with van der Waals surface area (Å²) in [6.45, 7) is 0.559. The molecular weight excluding hydrogens is 344 g/mol. The number of rotatable bonds is 5. The van der Waals surface area contributed by atoms with Crippen LogP contribution in [0.4, 0.5) is 0 Å². The van der Waals surface area contributed by atoms with Gasteiger partial charge in [0.05, 0.1) is 9.77 Å². The number of hydrogen-bond acceptors (Lipinski definition) is 5. The van der Waals surface area contributed by atoms with E-state index in [-0.39, 0.29) is 21.1 Å². The third-order valence-electron chi connectivity index (χ3n) is 4.40. The van der Waals surface area contributed by atoms with Gasteiger partial charge >= 0.3 is 0 Å². The van der Waals surface area contributed by atoms with Crippen molar-refractivity contribution in [3.8, 4) is 0 Å². The number of thiophene rings is 1. The fourth-order valence-electron chi connectivity index (χ4n) is 3.05. The summed E-state index contributed by atoms with van der Waals surface area (Å²) >= 11 is 1.00. The van der Waals surface area contributed by atoms with Gasteiger partial charge in [0, 0.05) is 6.04 Å². The van der Waals surface area contributed by atoms with Gasteiger partial charge in [-0.3, -0.25) is 4.79 Å². The number of benzene rings is 1. The van der Waals surface area contributed by atoms with Crippen LogP contribution in [0.2, 0.25) is 0 Å². The van der Waals surface area contributed by atoms with Crippen molar-refractivity contribution >= 4 is 27.1 Å². The summed E-state index contributed by atoms with van der Waals surface area (Å²) in [5.74, 6) is 0.0845. The van der Waals surface area contributed by atoms with E-state index in [2.05, 4.69) is 5.32 Å². The Kier molecular flexibility index (Phi) is 5.03. The Bertz CT molecular complexity index is 815. The highest BCUT2D eigenvalue weighted by Gasteiger charge is 2.28. The first kappa shape index (κ1) is 17.1. The van der Waals surface area contributed by atoms with Crippen LogP contribution in [0.25, 0.3) is 0 Å². The maximum Gasteiger partial charge on any atom is 0.261 e. The molecule has 1 saturated carbocycles. The SMILES string of the molecule is NCC1CCCC1NC(=O)c1ccc(S(=O)(=O)c2ccccc2)s1. The highest BCUT2D eigenvalue weighted by molar-refractivity contribution is 7.93. The third-order valence-corrected chi connectivity index (χ3v) is 7.75. The summed E-state index contributed by atoms with van der Waals surface area (Å²) in [5.41, 5.74) is 5.74. The zero-order chi connectivity index (χ0) is 17.2. The van der Waals surface area contributed by atoms with Crippen molar-refractivity contribution in [3.05, 3.63) is 47.3 Å². The van der Waals surface area contributed by atoms with Gasteiger partial charge in [-0.25, -0.2) is 8.42 Å². The van der Waals surface area contributed by atoms with Crippen LogP contribution in [0.3, 0.4) is 0 Å². The topological polar surface area (TPSA) is 89.3 Å². The molecule has 1 aromatic carbocycles. The molecule has 1 amide bonds. The van der Waals surface area contributed by atoms with Gasteiger partial charge in [0.1, 0.15) is 4.21 Å². The molecule has 1 aliphatic carbocycles. The summed E-state index contributed by atoms with van der Waals surface area (Å²) in [6, 6.07) is 11.4. The molecular formula is C17H20N2O3S2. The van der Waals surface area contributed by atoms with Crippen molar-refractivity contribution in [3.63, 3.8) is 0 Å². The largest absolute Gasteiger partial charge is 0.348 e. The molecule has 24 heavy (non-hydrogen) atoms. The normalized spacial score (nSPS) is 20.9. The minimum Gasteiger partial charge on any atom is -0.348 e. The molecule has 2 aromatic rings. The molecule has 1 aromatic heterocycles.